The lowest BCUT2D eigenvalue weighted by Gasteiger charge is -2.00. The van der Waals surface area contributed by atoms with Crippen LogP contribution >= 0.6 is 15.9 Å². The molecule has 7 nitrogen and oxygen atoms in total. The van der Waals surface area contributed by atoms with E-state index in [0.29, 0.717) is 34.5 Å². The predicted molar refractivity (Wildman–Crippen MR) is 79.4 cm³/mol. The van der Waals surface area contributed by atoms with Crippen LogP contribution in [0.3, 0.4) is 0 Å². The Labute approximate surface area is 128 Å². The first-order valence-corrected chi connectivity index (χ1v) is 6.72. The Hall–Kier alpha value is -2.48. The molecule has 1 aromatic carbocycles. The molecule has 0 amide bonds. The second-order valence-electron chi connectivity index (χ2n) is 4.10. The molecular formula is C13H10BrN5O2. The van der Waals surface area contributed by atoms with Crippen molar-refractivity contribution in [3.8, 4) is 28.9 Å². The largest absolute Gasteiger partial charge is 0.481 e. The quantitative estimate of drug-likeness (QED) is 0.726. The molecule has 2 aromatic heterocycles. The Morgan fingerprint density at radius 3 is 2.86 bits per heavy atom. The predicted octanol–water partition coefficient (Wildman–Crippen LogP) is 2.55. The Morgan fingerprint density at radius 1 is 1.24 bits per heavy atom. The van der Waals surface area contributed by atoms with Crippen molar-refractivity contribution in [3.63, 3.8) is 0 Å². The summed E-state index contributed by atoms with van der Waals surface area (Å²) in [4.78, 5) is 12.3. The van der Waals surface area contributed by atoms with E-state index in [1.807, 2.05) is 6.07 Å². The van der Waals surface area contributed by atoms with E-state index in [1.165, 1.54) is 13.4 Å². The maximum absolute atomic E-state index is 5.94. The van der Waals surface area contributed by atoms with Crippen LogP contribution in [0.1, 0.15) is 0 Å². The van der Waals surface area contributed by atoms with Gasteiger partial charge in [-0.1, -0.05) is 21.1 Å². The van der Waals surface area contributed by atoms with Crippen molar-refractivity contribution >= 4 is 21.6 Å². The fraction of sp³-hybridized carbons (Fsp3) is 0.0769. The van der Waals surface area contributed by atoms with Gasteiger partial charge in [-0.15, -0.1) is 0 Å². The number of hydrogen-bond acceptors (Lipinski definition) is 7. The van der Waals surface area contributed by atoms with Crippen molar-refractivity contribution in [2.24, 2.45) is 0 Å². The van der Waals surface area contributed by atoms with Crippen molar-refractivity contribution in [2.75, 3.05) is 12.8 Å². The average Bonchev–Trinajstić information content (AvgIpc) is 2.97. The second-order valence-corrected chi connectivity index (χ2v) is 5.02. The molecule has 3 rings (SSSR count). The molecule has 106 valence electrons. The van der Waals surface area contributed by atoms with Gasteiger partial charge in [-0.25, -0.2) is 9.97 Å². The second kappa shape index (κ2) is 5.49. The van der Waals surface area contributed by atoms with Gasteiger partial charge >= 0.3 is 0 Å². The van der Waals surface area contributed by atoms with Gasteiger partial charge in [-0.3, -0.25) is 0 Å². The van der Waals surface area contributed by atoms with E-state index >= 15 is 0 Å². The summed E-state index contributed by atoms with van der Waals surface area (Å²) in [6.45, 7) is 0. The number of rotatable bonds is 3. The Kier molecular flexibility index (Phi) is 3.53. The van der Waals surface area contributed by atoms with Gasteiger partial charge in [0.15, 0.2) is 0 Å². The van der Waals surface area contributed by atoms with Crippen LogP contribution in [0.5, 0.6) is 5.88 Å². The van der Waals surface area contributed by atoms with Crippen molar-refractivity contribution in [1.29, 1.82) is 0 Å². The fourth-order valence-corrected chi connectivity index (χ4v) is 2.12. The van der Waals surface area contributed by atoms with Crippen molar-refractivity contribution in [2.45, 2.75) is 0 Å². The monoisotopic (exact) mass is 347 g/mol. The lowest BCUT2D eigenvalue weighted by atomic mass is 10.2. The van der Waals surface area contributed by atoms with Crippen LogP contribution < -0.4 is 10.5 Å². The number of aromatic nitrogens is 4. The molecule has 0 saturated heterocycles. The number of nitrogen functional groups attached to an aromatic ring is 1. The highest BCUT2D eigenvalue weighted by atomic mass is 79.9. The standard InChI is InChI=1S/C13H10BrN5O2/c1-20-11-5-10(16-6-17-11)12-18-13(21-19-12)8-3-2-7(14)4-9(8)15/h2-6H,15H2,1H3. The molecule has 0 aliphatic carbocycles. The fourth-order valence-electron chi connectivity index (χ4n) is 1.74. The zero-order valence-corrected chi connectivity index (χ0v) is 12.5. The SMILES string of the molecule is COc1cc(-c2noc(-c3ccc(Br)cc3N)n2)ncn1. The molecule has 2 heterocycles. The van der Waals surface area contributed by atoms with Crippen molar-refractivity contribution in [3.05, 3.63) is 35.1 Å². The highest BCUT2D eigenvalue weighted by Gasteiger charge is 2.14. The Bertz CT molecular complexity index is 790. The van der Waals surface area contributed by atoms with E-state index in [4.69, 9.17) is 15.0 Å². The number of hydrogen-bond donors (Lipinski definition) is 1. The minimum Gasteiger partial charge on any atom is -0.481 e. The van der Waals surface area contributed by atoms with Gasteiger partial charge in [0.25, 0.3) is 5.89 Å². The van der Waals surface area contributed by atoms with E-state index in [-0.39, 0.29) is 0 Å². The highest BCUT2D eigenvalue weighted by molar-refractivity contribution is 9.10. The molecule has 21 heavy (non-hydrogen) atoms. The van der Waals surface area contributed by atoms with Crippen molar-refractivity contribution < 1.29 is 9.26 Å². The van der Waals surface area contributed by atoms with E-state index in [2.05, 4.69) is 36.0 Å². The maximum Gasteiger partial charge on any atom is 0.260 e. The molecule has 8 heteroatoms. The smallest absolute Gasteiger partial charge is 0.260 e. The number of anilines is 1. The number of nitrogens with two attached hydrogens (primary N) is 1. The Balaban J connectivity index is 1.99. The molecule has 2 N–H and O–H groups in total. The molecule has 0 radical (unpaired) electrons. The zero-order valence-electron chi connectivity index (χ0n) is 10.9. The summed E-state index contributed by atoms with van der Waals surface area (Å²) < 4.78 is 11.2. The normalized spacial score (nSPS) is 10.6. The van der Waals surface area contributed by atoms with Crippen molar-refractivity contribution in [1.82, 2.24) is 20.1 Å². The molecule has 0 spiro atoms. The van der Waals surface area contributed by atoms with Crippen LogP contribution in [0.2, 0.25) is 0 Å². The maximum atomic E-state index is 5.94. The van der Waals surface area contributed by atoms with Crippen LogP contribution in [0.4, 0.5) is 5.69 Å². The van der Waals surface area contributed by atoms with Gasteiger partial charge in [-0.05, 0) is 18.2 Å². The molecule has 0 atom stereocenters. The molecule has 0 unspecified atom stereocenters. The molecular weight excluding hydrogens is 338 g/mol. The number of benzene rings is 1. The summed E-state index contributed by atoms with van der Waals surface area (Å²) in [7, 11) is 1.52. The highest BCUT2D eigenvalue weighted by Crippen LogP contribution is 2.28. The molecule has 0 aliphatic heterocycles. The first-order chi connectivity index (χ1) is 10.2. The lowest BCUT2D eigenvalue weighted by molar-refractivity contribution is 0.397. The van der Waals surface area contributed by atoms with E-state index in [0.717, 1.165) is 4.47 Å². The third-order valence-corrected chi connectivity index (χ3v) is 3.24. The topological polar surface area (TPSA) is 100.0 Å². The zero-order chi connectivity index (χ0) is 14.8. The number of methoxy groups -OCH3 is 1. The molecule has 0 saturated carbocycles. The van der Waals surface area contributed by atoms with E-state index in [9.17, 15) is 0 Å². The molecule has 0 aliphatic rings. The first-order valence-electron chi connectivity index (χ1n) is 5.93. The van der Waals surface area contributed by atoms with E-state index < -0.39 is 0 Å². The van der Waals surface area contributed by atoms with Crippen LogP contribution in [0.15, 0.2) is 39.6 Å². The molecule has 0 bridgehead atoms. The minimum absolute atomic E-state index is 0.326. The van der Waals surface area contributed by atoms with Crippen LogP contribution in [-0.2, 0) is 0 Å². The van der Waals surface area contributed by atoms with Crippen LogP contribution in [0, 0.1) is 0 Å². The lowest BCUT2D eigenvalue weighted by Crippen LogP contribution is -1.92. The number of nitrogens with zero attached hydrogens (tertiary/aromatic N) is 4. The van der Waals surface area contributed by atoms with Gasteiger partial charge in [0, 0.05) is 16.2 Å². The number of ether oxygens (including phenoxy) is 1. The van der Waals surface area contributed by atoms with Crippen LogP contribution in [-0.4, -0.2) is 27.2 Å². The summed E-state index contributed by atoms with van der Waals surface area (Å²) >= 11 is 3.35. The summed E-state index contributed by atoms with van der Waals surface area (Å²) in [5, 5.41) is 3.90. The van der Waals surface area contributed by atoms with Gasteiger partial charge in [0.2, 0.25) is 11.7 Å². The first kappa shape index (κ1) is 13.5. The summed E-state index contributed by atoms with van der Waals surface area (Å²) in [6.07, 6.45) is 1.37. The van der Waals surface area contributed by atoms with Gasteiger partial charge < -0.3 is 15.0 Å². The van der Waals surface area contributed by atoms with E-state index in [1.54, 1.807) is 18.2 Å². The van der Waals surface area contributed by atoms with Gasteiger partial charge in [0.05, 0.1) is 12.7 Å². The van der Waals surface area contributed by atoms with Gasteiger partial charge in [0.1, 0.15) is 12.0 Å². The third-order valence-electron chi connectivity index (χ3n) is 2.75. The molecule has 3 aromatic rings. The Morgan fingerprint density at radius 2 is 2.10 bits per heavy atom. The average molecular weight is 348 g/mol. The summed E-state index contributed by atoms with van der Waals surface area (Å²) in [5.74, 6) is 1.09. The summed E-state index contributed by atoms with van der Waals surface area (Å²) in [6, 6.07) is 7.05. The van der Waals surface area contributed by atoms with Gasteiger partial charge in [-0.2, -0.15) is 4.98 Å². The number of halogens is 1. The van der Waals surface area contributed by atoms with Crippen LogP contribution in [0.25, 0.3) is 23.0 Å². The molecule has 0 fully saturated rings. The third kappa shape index (κ3) is 2.70. The minimum atomic E-state index is 0.326. The summed E-state index contributed by atoms with van der Waals surface area (Å²) in [5.41, 5.74) is 7.66.